The summed E-state index contributed by atoms with van der Waals surface area (Å²) in [7, 11) is 0. The number of hydrogen-bond acceptors (Lipinski definition) is 2. The van der Waals surface area contributed by atoms with Crippen LogP contribution >= 0.6 is 0 Å². The fraction of sp³-hybridized carbons (Fsp3) is 0.273. The van der Waals surface area contributed by atoms with Gasteiger partial charge in [-0.25, -0.2) is 4.39 Å². The third-order valence-corrected chi connectivity index (χ3v) is 2.28. The van der Waals surface area contributed by atoms with E-state index in [0.717, 1.165) is 0 Å². The molecule has 0 spiro atoms. The number of nitrogens with zero attached hydrogens (tertiary/aromatic N) is 1. The fourth-order valence-corrected chi connectivity index (χ4v) is 1.45. The summed E-state index contributed by atoms with van der Waals surface area (Å²) in [5.74, 6) is -0.482. The highest BCUT2D eigenvalue weighted by Gasteiger charge is 2.17. The molecule has 0 aliphatic heterocycles. The van der Waals surface area contributed by atoms with Gasteiger partial charge in [0.05, 0.1) is 5.52 Å². The number of aromatic nitrogens is 2. The SMILES string of the molecule is CC(C)C(=O)c1n[nH]c2cc(F)ccc12. The van der Waals surface area contributed by atoms with Gasteiger partial charge in [-0.05, 0) is 18.2 Å². The Labute approximate surface area is 86.3 Å². The standard InChI is InChI=1S/C11H11FN2O/c1-6(2)11(15)10-8-4-3-7(12)5-9(8)13-14-10/h3-6H,1-2H3,(H,13,14). The van der Waals surface area contributed by atoms with Gasteiger partial charge in [0.1, 0.15) is 11.5 Å². The Morgan fingerprint density at radius 2 is 2.20 bits per heavy atom. The Morgan fingerprint density at radius 3 is 2.87 bits per heavy atom. The van der Waals surface area contributed by atoms with E-state index in [1.165, 1.54) is 12.1 Å². The first-order valence-electron chi connectivity index (χ1n) is 4.77. The highest BCUT2D eigenvalue weighted by atomic mass is 19.1. The van der Waals surface area contributed by atoms with E-state index >= 15 is 0 Å². The first-order chi connectivity index (χ1) is 7.09. The van der Waals surface area contributed by atoms with Gasteiger partial charge in [-0.15, -0.1) is 0 Å². The quantitative estimate of drug-likeness (QED) is 0.767. The highest BCUT2D eigenvalue weighted by Crippen LogP contribution is 2.19. The number of H-pyrrole nitrogens is 1. The van der Waals surface area contributed by atoms with Gasteiger partial charge in [0.2, 0.25) is 0 Å². The highest BCUT2D eigenvalue weighted by molar-refractivity contribution is 6.06. The second-order valence-corrected chi connectivity index (χ2v) is 3.78. The molecule has 0 saturated carbocycles. The summed E-state index contributed by atoms with van der Waals surface area (Å²) in [4.78, 5) is 11.7. The van der Waals surface area contributed by atoms with E-state index in [2.05, 4.69) is 10.2 Å². The molecule has 0 amide bonds. The lowest BCUT2D eigenvalue weighted by Gasteiger charge is -1.99. The number of halogens is 1. The molecule has 0 aliphatic carbocycles. The molecule has 1 N–H and O–H groups in total. The van der Waals surface area contributed by atoms with Crippen molar-refractivity contribution in [2.24, 2.45) is 5.92 Å². The van der Waals surface area contributed by atoms with E-state index in [9.17, 15) is 9.18 Å². The minimum Gasteiger partial charge on any atom is -0.292 e. The molecule has 0 fully saturated rings. The van der Waals surface area contributed by atoms with Crippen LogP contribution in [0.1, 0.15) is 24.3 Å². The van der Waals surface area contributed by atoms with Crippen LogP contribution in [0.5, 0.6) is 0 Å². The number of carbonyl (C=O) groups excluding carboxylic acids is 1. The van der Waals surface area contributed by atoms with E-state index < -0.39 is 0 Å². The molecule has 2 aromatic rings. The molecule has 0 aliphatic rings. The topological polar surface area (TPSA) is 45.8 Å². The number of benzene rings is 1. The van der Waals surface area contributed by atoms with Gasteiger partial charge < -0.3 is 0 Å². The van der Waals surface area contributed by atoms with Crippen LogP contribution in [0.15, 0.2) is 18.2 Å². The molecule has 1 aromatic heterocycles. The fourth-order valence-electron chi connectivity index (χ4n) is 1.45. The monoisotopic (exact) mass is 206 g/mol. The normalized spacial score (nSPS) is 11.2. The Hall–Kier alpha value is -1.71. The lowest BCUT2D eigenvalue weighted by Crippen LogP contribution is -2.08. The van der Waals surface area contributed by atoms with Crippen LogP contribution in [-0.4, -0.2) is 16.0 Å². The van der Waals surface area contributed by atoms with Crippen molar-refractivity contribution < 1.29 is 9.18 Å². The second kappa shape index (κ2) is 3.46. The summed E-state index contributed by atoms with van der Waals surface area (Å²) >= 11 is 0. The summed E-state index contributed by atoms with van der Waals surface area (Å²) in [6.07, 6.45) is 0. The van der Waals surface area contributed by atoms with Crippen LogP contribution in [0.25, 0.3) is 10.9 Å². The zero-order valence-electron chi connectivity index (χ0n) is 8.54. The minimum atomic E-state index is -0.338. The van der Waals surface area contributed by atoms with Gasteiger partial charge >= 0.3 is 0 Å². The van der Waals surface area contributed by atoms with Gasteiger partial charge in [-0.1, -0.05) is 13.8 Å². The maximum Gasteiger partial charge on any atom is 0.186 e. The van der Waals surface area contributed by atoms with Crippen molar-refractivity contribution in [2.45, 2.75) is 13.8 Å². The summed E-state index contributed by atoms with van der Waals surface area (Å²) < 4.78 is 12.9. The first kappa shape index (κ1) is 9.83. The predicted octanol–water partition coefficient (Wildman–Crippen LogP) is 2.54. The van der Waals surface area contributed by atoms with Crippen molar-refractivity contribution in [3.63, 3.8) is 0 Å². The number of fused-ring (bicyclic) bond motifs is 1. The number of nitrogens with one attached hydrogen (secondary N) is 1. The van der Waals surface area contributed by atoms with Crippen molar-refractivity contribution in [3.05, 3.63) is 29.7 Å². The molecule has 15 heavy (non-hydrogen) atoms. The number of carbonyl (C=O) groups is 1. The number of aromatic amines is 1. The molecule has 0 radical (unpaired) electrons. The van der Waals surface area contributed by atoms with E-state index in [1.54, 1.807) is 6.07 Å². The summed E-state index contributed by atoms with van der Waals surface area (Å²) in [5, 5.41) is 7.25. The molecule has 2 rings (SSSR count). The molecule has 0 atom stereocenters. The third kappa shape index (κ3) is 1.63. The van der Waals surface area contributed by atoms with E-state index in [1.807, 2.05) is 13.8 Å². The maximum atomic E-state index is 12.9. The largest absolute Gasteiger partial charge is 0.292 e. The molecule has 4 heteroatoms. The summed E-state index contributed by atoms with van der Waals surface area (Å²) in [5.41, 5.74) is 0.944. The van der Waals surface area contributed by atoms with Gasteiger partial charge in [0.15, 0.2) is 5.78 Å². The Morgan fingerprint density at radius 1 is 1.47 bits per heavy atom. The zero-order valence-corrected chi connectivity index (χ0v) is 8.54. The van der Waals surface area contributed by atoms with Crippen molar-refractivity contribution in [1.29, 1.82) is 0 Å². The third-order valence-electron chi connectivity index (χ3n) is 2.28. The Bertz CT molecular complexity index is 516. The number of Topliss-reactive ketones (excluding diaryl/α,β-unsaturated/α-hetero) is 1. The predicted molar refractivity (Wildman–Crippen MR) is 55.2 cm³/mol. The van der Waals surface area contributed by atoms with Crippen LogP contribution in [0.2, 0.25) is 0 Å². The smallest absolute Gasteiger partial charge is 0.186 e. The second-order valence-electron chi connectivity index (χ2n) is 3.78. The van der Waals surface area contributed by atoms with Crippen molar-refractivity contribution >= 4 is 16.7 Å². The van der Waals surface area contributed by atoms with Crippen molar-refractivity contribution in [2.75, 3.05) is 0 Å². The molecule has 1 aromatic carbocycles. The van der Waals surface area contributed by atoms with E-state index in [4.69, 9.17) is 0 Å². The van der Waals surface area contributed by atoms with Gasteiger partial charge in [0.25, 0.3) is 0 Å². The van der Waals surface area contributed by atoms with E-state index in [0.29, 0.717) is 16.6 Å². The average molecular weight is 206 g/mol. The molecule has 3 nitrogen and oxygen atoms in total. The molecule has 1 heterocycles. The molecule has 78 valence electrons. The molecule has 0 unspecified atom stereocenters. The van der Waals surface area contributed by atoms with Crippen LogP contribution in [0, 0.1) is 11.7 Å². The number of hydrogen-bond donors (Lipinski definition) is 1. The molecule has 0 bridgehead atoms. The molecular formula is C11H11FN2O. The summed E-state index contributed by atoms with van der Waals surface area (Å²) in [6.45, 7) is 3.62. The van der Waals surface area contributed by atoms with Gasteiger partial charge in [-0.2, -0.15) is 5.10 Å². The Kier molecular flexibility index (Phi) is 2.26. The van der Waals surface area contributed by atoms with Crippen molar-refractivity contribution in [1.82, 2.24) is 10.2 Å². The molecular weight excluding hydrogens is 195 g/mol. The van der Waals surface area contributed by atoms with Crippen LogP contribution in [0.3, 0.4) is 0 Å². The maximum absolute atomic E-state index is 12.9. The first-order valence-corrected chi connectivity index (χ1v) is 4.77. The lowest BCUT2D eigenvalue weighted by molar-refractivity contribution is 0.0936. The zero-order chi connectivity index (χ0) is 11.0. The van der Waals surface area contributed by atoms with Crippen LogP contribution in [0.4, 0.5) is 4.39 Å². The average Bonchev–Trinajstić information content (AvgIpc) is 2.59. The van der Waals surface area contributed by atoms with Gasteiger partial charge in [0, 0.05) is 11.3 Å². The van der Waals surface area contributed by atoms with Crippen LogP contribution < -0.4 is 0 Å². The van der Waals surface area contributed by atoms with Crippen LogP contribution in [-0.2, 0) is 0 Å². The van der Waals surface area contributed by atoms with Crippen molar-refractivity contribution in [3.8, 4) is 0 Å². The minimum absolute atomic E-state index is 0.0344. The lowest BCUT2D eigenvalue weighted by atomic mass is 10.0. The number of rotatable bonds is 2. The van der Waals surface area contributed by atoms with Gasteiger partial charge in [-0.3, -0.25) is 9.89 Å². The van der Waals surface area contributed by atoms with E-state index in [-0.39, 0.29) is 17.5 Å². The molecule has 0 saturated heterocycles. The number of ketones is 1. The Balaban J connectivity index is 2.59. The summed E-state index contributed by atoms with van der Waals surface area (Å²) in [6, 6.07) is 4.23.